The maximum atomic E-state index is 12.2. The number of carbonyl (C=O) groups is 2. The summed E-state index contributed by atoms with van der Waals surface area (Å²) >= 11 is 1.20. The monoisotopic (exact) mass is 380 g/mol. The molecule has 3 N–H and O–H groups in total. The van der Waals surface area contributed by atoms with Gasteiger partial charge in [-0.25, -0.2) is 0 Å². The molecule has 0 saturated carbocycles. The van der Waals surface area contributed by atoms with Gasteiger partial charge in [-0.1, -0.05) is 54.6 Å². The molecule has 0 aliphatic rings. The molecular weight excluding hydrogens is 360 g/mol. The molecule has 0 radical (unpaired) electrons. The molecule has 0 unspecified atom stereocenters. The van der Waals surface area contributed by atoms with E-state index in [0.717, 1.165) is 16.7 Å². The molecule has 1 aromatic heterocycles. The largest absolute Gasteiger partial charge is 0.372 e. The minimum Gasteiger partial charge on any atom is -0.372 e. The van der Waals surface area contributed by atoms with Crippen LogP contribution < -0.4 is 11.1 Å². The quantitative estimate of drug-likeness (QED) is 0.628. The second-order valence-electron chi connectivity index (χ2n) is 6.04. The van der Waals surface area contributed by atoms with Crippen molar-refractivity contribution in [1.82, 2.24) is 5.32 Å². The van der Waals surface area contributed by atoms with Gasteiger partial charge in [-0.2, -0.15) is 0 Å². The van der Waals surface area contributed by atoms with E-state index in [-0.39, 0.29) is 5.91 Å². The summed E-state index contributed by atoms with van der Waals surface area (Å²) in [4.78, 5) is 23.8. The summed E-state index contributed by atoms with van der Waals surface area (Å²) in [5.74, 6) is -0.758. The molecule has 2 amide bonds. The summed E-state index contributed by atoms with van der Waals surface area (Å²) in [6.07, 6.45) is 0. The lowest BCUT2D eigenvalue weighted by Gasteiger charge is -2.08. The molecular formula is C21H20N2O3S. The van der Waals surface area contributed by atoms with Crippen LogP contribution in [0.3, 0.4) is 0 Å². The number of hydrogen-bond donors (Lipinski definition) is 2. The maximum Gasteiger partial charge on any atom is 0.261 e. The Labute approximate surface area is 161 Å². The van der Waals surface area contributed by atoms with Crippen LogP contribution in [0.15, 0.2) is 66.0 Å². The zero-order chi connectivity index (χ0) is 19.1. The van der Waals surface area contributed by atoms with Gasteiger partial charge in [0.2, 0.25) is 5.91 Å². The first-order chi connectivity index (χ1) is 13.1. The highest BCUT2D eigenvalue weighted by Gasteiger charge is 2.11. The van der Waals surface area contributed by atoms with E-state index in [0.29, 0.717) is 30.2 Å². The smallest absolute Gasteiger partial charge is 0.261 e. The van der Waals surface area contributed by atoms with Crippen LogP contribution in [0.1, 0.15) is 36.7 Å². The fourth-order valence-corrected chi connectivity index (χ4v) is 3.36. The lowest BCUT2D eigenvalue weighted by atomic mass is 10.1. The van der Waals surface area contributed by atoms with E-state index < -0.39 is 5.91 Å². The van der Waals surface area contributed by atoms with E-state index in [9.17, 15) is 9.59 Å². The van der Waals surface area contributed by atoms with Gasteiger partial charge in [0, 0.05) is 11.9 Å². The van der Waals surface area contributed by atoms with Crippen molar-refractivity contribution in [3.05, 3.63) is 93.2 Å². The van der Waals surface area contributed by atoms with Crippen molar-refractivity contribution in [3.8, 4) is 0 Å². The molecule has 138 valence electrons. The van der Waals surface area contributed by atoms with Gasteiger partial charge in [0.05, 0.1) is 23.7 Å². The van der Waals surface area contributed by atoms with Crippen LogP contribution in [0.5, 0.6) is 0 Å². The van der Waals surface area contributed by atoms with Crippen molar-refractivity contribution >= 4 is 23.2 Å². The predicted molar refractivity (Wildman–Crippen MR) is 105 cm³/mol. The molecule has 0 aliphatic carbocycles. The first-order valence-electron chi connectivity index (χ1n) is 8.48. The number of nitrogens with two attached hydrogens (primary N) is 1. The second kappa shape index (κ2) is 9.12. The number of amides is 2. The van der Waals surface area contributed by atoms with Crippen LogP contribution in [0.2, 0.25) is 0 Å². The van der Waals surface area contributed by atoms with Crippen molar-refractivity contribution in [2.75, 3.05) is 0 Å². The molecule has 0 atom stereocenters. The van der Waals surface area contributed by atoms with Gasteiger partial charge >= 0.3 is 0 Å². The van der Waals surface area contributed by atoms with Crippen molar-refractivity contribution < 1.29 is 14.3 Å². The summed E-state index contributed by atoms with van der Waals surface area (Å²) in [6, 6.07) is 19.4. The van der Waals surface area contributed by atoms with Crippen LogP contribution in [-0.2, 0) is 24.5 Å². The average Bonchev–Trinajstić information content (AvgIpc) is 3.18. The third kappa shape index (κ3) is 5.51. The Kier molecular flexibility index (Phi) is 6.35. The van der Waals surface area contributed by atoms with E-state index >= 15 is 0 Å². The molecule has 0 spiro atoms. The number of hydrogen-bond acceptors (Lipinski definition) is 4. The first-order valence-corrected chi connectivity index (χ1v) is 9.36. The highest BCUT2D eigenvalue weighted by molar-refractivity contribution is 7.12. The zero-order valence-electron chi connectivity index (χ0n) is 14.7. The van der Waals surface area contributed by atoms with Crippen LogP contribution >= 0.6 is 11.3 Å². The average molecular weight is 380 g/mol. The number of primary amides is 1. The molecule has 0 saturated heterocycles. The summed E-state index contributed by atoms with van der Waals surface area (Å²) in [5.41, 5.74) is 8.72. The highest BCUT2D eigenvalue weighted by atomic mass is 32.1. The van der Waals surface area contributed by atoms with Gasteiger partial charge in [-0.15, -0.1) is 11.3 Å². The Bertz CT molecular complexity index is 922. The second-order valence-corrected chi connectivity index (χ2v) is 6.96. The molecule has 0 aliphatic heterocycles. The van der Waals surface area contributed by atoms with Gasteiger partial charge < -0.3 is 15.8 Å². The third-order valence-corrected chi connectivity index (χ3v) is 4.86. The minimum absolute atomic E-state index is 0.224. The van der Waals surface area contributed by atoms with Gasteiger partial charge in [-0.05, 0) is 22.8 Å². The molecule has 1 heterocycles. The van der Waals surface area contributed by atoms with Crippen LogP contribution in [0.25, 0.3) is 0 Å². The lowest BCUT2D eigenvalue weighted by molar-refractivity contribution is 0.0954. The highest BCUT2D eigenvalue weighted by Crippen LogP contribution is 2.15. The van der Waals surface area contributed by atoms with E-state index in [1.54, 1.807) is 5.38 Å². The molecule has 5 nitrogen and oxygen atoms in total. The van der Waals surface area contributed by atoms with Gasteiger partial charge in [0.15, 0.2) is 0 Å². The summed E-state index contributed by atoms with van der Waals surface area (Å²) in [6.45, 7) is 1.46. The van der Waals surface area contributed by atoms with Crippen molar-refractivity contribution in [3.63, 3.8) is 0 Å². The van der Waals surface area contributed by atoms with E-state index in [2.05, 4.69) is 5.32 Å². The number of nitrogens with one attached hydrogen (secondary N) is 1. The number of thiophene rings is 1. The standard InChI is InChI=1S/C21H20N2O3S/c22-20(24)18-10-19(27-14-18)21(25)23-11-16-7-4-8-17(9-16)13-26-12-15-5-2-1-3-6-15/h1-10,14H,11-13H2,(H2,22,24)(H,23,25). The van der Waals surface area contributed by atoms with Crippen molar-refractivity contribution in [2.45, 2.75) is 19.8 Å². The molecule has 3 rings (SSSR count). The minimum atomic E-state index is -0.534. The number of rotatable bonds is 8. The normalized spacial score (nSPS) is 10.5. The Morgan fingerprint density at radius 1 is 0.926 bits per heavy atom. The Hall–Kier alpha value is -2.96. The fourth-order valence-electron chi connectivity index (χ4n) is 2.54. The maximum absolute atomic E-state index is 12.2. The predicted octanol–water partition coefficient (Wildman–Crippen LogP) is 3.49. The van der Waals surface area contributed by atoms with Gasteiger partial charge in [0.1, 0.15) is 0 Å². The SMILES string of the molecule is NC(=O)c1csc(C(=O)NCc2cccc(COCc3ccccc3)c2)c1. The molecule has 6 heteroatoms. The van der Waals surface area contributed by atoms with Crippen LogP contribution in [0, 0.1) is 0 Å². The van der Waals surface area contributed by atoms with Gasteiger partial charge in [0.25, 0.3) is 5.91 Å². The summed E-state index contributed by atoms with van der Waals surface area (Å²) in [7, 11) is 0. The molecule has 2 aromatic carbocycles. The summed E-state index contributed by atoms with van der Waals surface area (Å²) in [5, 5.41) is 4.44. The Morgan fingerprint density at radius 2 is 1.63 bits per heavy atom. The first kappa shape index (κ1) is 18.8. The van der Waals surface area contributed by atoms with Gasteiger partial charge in [-0.3, -0.25) is 9.59 Å². The molecule has 0 fully saturated rings. The third-order valence-electron chi connectivity index (χ3n) is 3.93. The Morgan fingerprint density at radius 3 is 2.37 bits per heavy atom. The van der Waals surface area contributed by atoms with Crippen molar-refractivity contribution in [2.24, 2.45) is 5.73 Å². The topological polar surface area (TPSA) is 81.4 Å². The number of benzene rings is 2. The molecule has 27 heavy (non-hydrogen) atoms. The van der Waals surface area contributed by atoms with Crippen LogP contribution in [-0.4, -0.2) is 11.8 Å². The van der Waals surface area contributed by atoms with E-state index in [1.165, 1.54) is 17.4 Å². The number of carbonyl (C=O) groups excluding carboxylic acids is 2. The molecule has 0 bridgehead atoms. The Balaban J connectivity index is 1.51. The van der Waals surface area contributed by atoms with Crippen LogP contribution in [0.4, 0.5) is 0 Å². The van der Waals surface area contributed by atoms with E-state index in [1.807, 2.05) is 54.6 Å². The fraction of sp³-hybridized carbons (Fsp3) is 0.143. The zero-order valence-corrected chi connectivity index (χ0v) is 15.5. The molecule has 3 aromatic rings. The van der Waals surface area contributed by atoms with Crippen molar-refractivity contribution in [1.29, 1.82) is 0 Å². The van der Waals surface area contributed by atoms with E-state index in [4.69, 9.17) is 10.5 Å². The lowest BCUT2D eigenvalue weighted by Crippen LogP contribution is -2.22. The number of ether oxygens (including phenoxy) is 1. The summed E-state index contributed by atoms with van der Waals surface area (Å²) < 4.78 is 5.75.